The van der Waals surface area contributed by atoms with Crippen molar-refractivity contribution in [1.29, 1.82) is 0 Å². The number of nitrogens with one attached hydrogen (secondary N) is 3. The Morgan fingerprint density at radius 2 is 1.52 bits per heavy atom. The average Bonchev–Trinajstić information content (AvgIpc) is 2.86. The Kier molecular flexibility index (Phi) is 9.45. The lowest BCUT2D eigenvalue weighted by molar-refractivity contribution is -0.127. The molecule has 1 fully saturated rings. The minimum atomic E-state index is -0.895. The van der Waals surface area contributed by atoms with Gasteiger partial charge in [-0.3, -0.25) is 9.59 Å². The number of alkyl carbamates (subject to hydrolysis) is 1. The van der Waals surface area contributed by atoms with Crippen molar-refractivity contribution in [2.75, 3.05) is 6.54 Å². The van der Waals surface area contributed by atoms with Crippen LogP contribution in [0.25, 0.3) is 0 Å². The van der Waals surface area contributed by atoms with Crippen LogP contribution in [-0.2, 0) is 27.4 Å². The molecule has 3 rings (SSSR count). The van der Waals surface area contributed by atoms with Crippen LogP contribution in [0.3, 0.4) is 0 Å². The molecule has 0 saturated heterocycles. The maximum absolute atomic E-state index is 12.8. The predicted octanol–water partition coefficient (Wildman–Crippen LogP) is 3.08. The van der Waals surface area contributed by atoms with Crippen molar-refractivity contribution in [2.45, 2.75) is 51.2 Å². The minimum Gasteiger partial charge on any atom is -0.445 e. The van der Waals surface area contributed by atoms with Gasteiger partial charge in [0.15, 0.2) is 0 Å². The van der Waals surface area contributed by atoms with E-state index < -0.39 is 23.9 Å². The van der Waals surface area contributed by atoms with Gasteiger partial charge in [0.25, 0.3) is 5.91 Å². The van der Waals surface area contributed by atoms with Gasteiger partial charge in [0, 0.05) is 12.1 Å². The van der Waals surface area contributed by atoms with Gasteiger partial charge in [-0.2, -0.15) is 5.10 Å². The molecule has 2 aromatic rings. The Morgan fingerprint density at radius 1 is 0.879 bits per heavy atom. The van der Waals surface area contributed by atoms with Gasteiger partial charge in [0.05, 0.1) is 6.54 Å². The van der Waals surface area contributed by atoms with Gasteiger partial charge < -0.3 is 15.4 Å². The summed E-state index contributed by atoms with van der Waals surface area (Å²) in [5.74, 6) is -0.887. The first-order chi connectivity index (χ1) is 16.1. The van der Waals surface area contributed by atoms with E-state index in [4.69, 9.17) is 4.74 Å². The second kappa shape index (κ2) is 13.0. The van der Waals surface area contributed by atoms with E-state index in [0.717, 1.165) is 42.5 Å². The molecule has 8 nitrogen and oxygen atoms in total. The molecule has 1 aliphatic rings. The van der Waals surface area contributed by atoms with Gasteiger partial charge >= 0.3 is 6.09 Å². The van der Waals surface area contributed by atoms with E-state index in [0.29, 0.717) is 0 Å². The second-order valence-corrected chi connectivity index (χ2v) is 7.94. The topological polar surface area (TPSA) is 109 Å². The summed E-state index contributed by atoms with van der Waals surface area (Å²) in [5.41, 5.74) is 5.19. The molecule has 2 aromatic carbocycles. The lowest BCUT2D eigenvalue weighted by atomic mass is 9.99. The average molecular weight is 451 g/mol. The second-order valence-electron chi connectivity index (χ2n) is 7.94. The smallest absolute Gasteiger partial charge is 0.408 e. The number of hydrazone groups is 1. The molecule has 3 amide bonds. The molecule has 0 aromatic heterocycles. The minimum absolute atomic E-state index is 0.0924. The number of benzene rings is 2. The Balaban J connectivity index is 1.52. The number of carbonyl (C=O) groups excluding carboxylic acids is 3. The van der Waals surface area contributed by atoms with E-state index in [-0.39, 0.29) is 19.6 Å². The maximum Gasteiger partial charge on any atom is 0.408 e. The first-order valence-electron chi connectivity index (χ1n) is 11.2. The van der Waals surface area contributed by atoms with Crippen LogP contribution in [-0.4, -0.2) is 36.2 Å². The van der Waals surface area contributed by atoms with E-state index in [1.54, 1.807) is 0 Å². The summed E-state index contributed by atoms with van der Waals surface area (Å²) in [5, 5.41) is 9.34. The highest BCUT2D eigenvalue weighted by Crippen LogP contribution is 2.14. The highest BCUT2D eigenvalue weighted by atomic mass is 16.5. The summed E-state index contributed by atoms with van der Waals surface area (Å²) in [7, 11) is 0. The molecule has 1 unspecified atom stereocenters. The monoisotopic (exact) mass is 450 g/mol. The van der Waals surface area contributed by atoms with Gasteiger partial charge in [-0.05, 0) is 36.8 Å². The summed E-state index contributed by atoms with van der Waals surface area (Å²) >= 11 is 0. The first kappa shape index (κ1) is 24.0. The Labute approximate surface area is 193 Å². The lowest BCUT2D eigenvalue weighted by Gasteiger charge is -2.18. The third-order valence-corrected chi connectivity index (χ3v) is 5.30. The van der Waals surface area contributed by atoms with E-state index in [9.17, 15) is 14.4 Å². The van der Waals surface area contributed by atoms with Gasteiger partial charge in [-0.25, -0.2) is 10.2 Å². The van der Waals surface area contributed by atoms with Crippen molar-refractivity contribution in [3.8, 4) is 0 Å². The fourth-order valence-corrected chi connectivity index (χ4v) is 3.51. The fraction of sp³-hybridized carbons (Fsp3) is 0.360. The molecule has 0 bridgehead atoms. The Bertz CT molecular complexity index is 939. The van der Waals surface area contributed by atoms with Crippen LogP contribution < -0.4 is 16.1 Å². The molecular formula is C25H30N4O4. The number of hydrogen-bond acceptors (Lipinski definition) is 5. The fourth-order valence-electron chi connectivity index (χ4n) is 3.51. The summed E-state index contributed by atoms with van der Waals surface area (Å²) in [4.78, 5) is 37.2. The van der Waals surface area contributed by atoms with Crippen LogP contribution in [0.15, 0.2) is 65.8 Å². The highest BCUT2D eigenvalue weighted by molar-refractivity contribution is 5.90. The van der Waals surface area contributed by atoms with E-state index in [1.165, 1.54) is 6.42 Å². The van der Waals surface area contributed by atoms with Crippen LogP contribution in [0.1, 0.15) is 43.2 Å². The zero-order valence-electron chi connectivity index (χ0n) is 18.6. The third kappa shape index (κ3) is 8.76. The molecule has 174 valence electrons. The predicted molar refractivity (Wildman–Crippen MR) is 125 cm³/mol. The van der Waals surface area contributed by atoms with Gasteiger partial charge in [0.2, 0.25) is 5.91 Å². The number of nitrogens with zero attached hydrogens (tertiary/aromatic N) is 1. The maximum atomic E-state index is 12.8. The summed E-state index contributed by atoms with van der Waals surface area (Å²) < 4.78 is 5.25. The van der Waals surface area contributed by atoms with Crippen LogP contribution in [0.4, 0.5) is 4.79 Å². The van der Waals surface area contributed by atoms with E-state index in [1.807, 2.05) is 60.7 Å². The van der Waals surface area contributed by atoms with Gasteiger partial charge in [-0.15, -0.1) is 0 Å². The zero-order valence-corrected chi connectivity index (χ0v) is 18.6. The summed E-state index contributed by atoms with van der Waals surface area (Å²) in [6.07, 6.45) is 4.69. The molecule has 0 aliphatic heterocycles. The molecule has 3 N–H and O–H groups in total. The largest absolute Gasteiger partial charge is 0.445 e. The van der Waals surface area contributed by atoms with Crippen molar-refractivity contribution < 1.29 is 19.1 Å². The number of hydrogen-bond donors (Lipinski definition) is 3. The van der Waals surface area contributed by atoms with Crippen molar-refractivity contribution in [3.63, 3.8) is 0 Å². The number of ether oxygens (including phenoxy) is 1. The quantitative estimate of drug-likeness (QED) is 0.510. The molecular weight excluding hydrogens is 420 g/mol. The molecule has 8 heteroatoms. The van der Waals surface area contributed by atoms with Crippen LogP contribution in [0.5, 0.6) is 0 Å². The highest BCUT2D eigenvalue weighted by Gasteiger charge is 2.22. The third-order valence-electron chi connectivity index (χ3n) is 5.30. The van der Waals surface area contributed by atoms with Crippen molar-refractivity contribution in [2.24, 2.45) is 5.10 Å². The van der Waals surface area contributed by atoms with E-state index in [2.05, 4.69) is 21.2 Å². The normalized spacial score (nSPS) is 14.0. The molecule has 1 saturated carbocycles. The first-order valence-corrected chi connectivity index (χ1v) is 11.2. The van der Waals surface area contributed by atoms with Crippen LogP contribution in [0, 0.1) is 0 Å². The number of rotatable bonds is 9. The lowest BCUT2D eigenvalue weighted by Crippen LogP contribution is -2.50. The zero-order chi connectivity index (χ0) is 23.3. The number of carbonyl (C=O) groups is 3. The molecule has 0 spiro atoms. The van der Waals surface area contributed by atoms with Crippen molar-refractivity contribution in [1.82, 2.24) is 16.1 Å². The molecule has 1 aliphatic carbocycles. The van der Waals surface area contributed by atoms with Crippen LogP contribution >= 0.6 is 0 Å². The van der Waals surface area contributed by atoms with Crippen molar-refractivity contribution >= 4 is 23.6 Å². The number of amides is 3. The SMILES string of the molecule is O=C(CNC(=O)C(Cc1ccccc1)NC(=O)OCc1ccccc1)NN=C1CCCCC1. The van der Waals surface area contributed by atoms with Crippen molar-refractivity contribution in [3.05, 3.63) is 71.8 Å². The molecule has 0 heterocycles. The van der Waals surface area contributed by atoms with Gasteiger partial charge in [0.1, 0.15) is 12.6 Å². The summed E-state index contributed by atoms with van der Waals surface area (Å²) in [6, 6.07) is 17.7. The summed E-state index contributed by atoms with van der Waals surface area (Å²) in [6.45, 7) is -0.142. The van der Waals surface area contributed by atoms with Crippen LogP contribution in [0.2, 0.25) is 0 Å². The Morgan fingerprint density at radius 3 is 2.18 bits per heavy atom. The van der Waals surface area contributed by atoms with E-state index >= 15 is 0 Å². The molecule has 1 atom stereocenters. The standard InChI is InChI=1S/C25H30N4O4/c30-23(29-28-21-14-8-3-9-15-21)17-26-24(31)22(16-19-10-4-1-5-11-19)27-25(32)33-18-20-12-6-2-7-13-20/h1-2,4-7,10-13,22H,3,8-9,14-18H2,(H,26,31)(H,27,32)(H,29,30). The van der Waals surface area contributed by atoms with Gasteiger partial charge in [-0.1, -0.05) is 67.1 Å². The molecule has 33 heavy (non-hydrogen) atoms. The Hall–Kier alpha value is -3.68. The molecule has 0 radical (unpaired) electrons.